The lowest BCUT2D eigenvalue weighted by atomic mass is 10.1. The van der Waals surface area contributed by atoms with Crippen molar-refractivity contribution < 1.29 is 19.1 Å². The second kappa shape index (κ2) is 9.18. The minimum Gasteiger partial charge on any atom is -0.493 e. The quantitative estimate of drug-likeness (QED) is 0.751. The Morgan fingerprint density at radius 2 is 1.93 bits per heavy atom. The molecule has 0 radical (unpaired) electrons. The normalized spacial score (nSPS) is 16.1. The van der Waals surface area contributed by atoms with Crippen LogP contribution in [0.4, 0.5) is 5.69 Å². The zero-order chi connectivity index (χ0) is 21.0. The average Bonchev–Trinajstić information content (AvgIpc) is 3.11. The zero-order valence-corrected chi connectivity index (χ0v) is 17.6. The van der Waals surface area contributed by atoms with E-state index in [4.69, 9.17) is 21.1 Å². The van der Waals surface area contributed by atoms with Crippen molar-refractivity contribution >= 4 is 29.1 Å². The van der Waals surface area contributed by atoms with Crippen molar-refractivity contribution in [3.05, 3.63) is 52.5 Å². The van der Waals surface area contributed by atoms with Gasteiger partial charge in [0.05, 0.1) is 20.1 Å². The smallest absolute Gasteiger partial charge is 0.227 e. The molecule has 1 fully saturated rings. The van der Waals surface area contributed by atoms with E-state index in [9.17, 15) is 9.59 Å². The number of nitrogens with one attached hydrogen (secondary N) is 1. The maximum Gasteiger partial charge on any atom is 0.227 e. The summed E-state index contributed by atoms with van der Waals surface area (Å²) in [7, 11) is 3.18. The van der Waals surface area contributed by atoms with Gasteiger partial charge in [-0.2, -0.15) is 0 Å². The summed E-state index contributed by atoms with van der Waals surface area (Å²) in [5.74, 6) is 0.781. The predicted molar refractivity (Wildman–Crippen MR) is 113 cm³/mol. The lowest BCUT2D eigenvalue weighted by Gasteiger charge is -2.17. The molecule has 29 heavy (non-hydrogen) atoms. The highest BCUT2D eigenvalue weighted by molar-refractivity contribution is 6.31. The van der Waals surface area contributed by atoms with E-state index in [1.165, 1.54) is 0 Å². The molecule has 1 heterocycles. The number of hydrogen-bond acceptors (Lipinski definition) is 4. The molecule has 1 atom stereocenters. The molecule has 0 unspecified atom stereocenters. The number of carbonyl (C=O) groups is 2. The molecule has 1 aliphatic heterocycles. The monoisotopic (exact) mass is 416 g/mol. The van der Waals surface area contributed by atoms with E-state index in [-0.39, 0.29) is 24.2 Å². The van der Waals surface area contributed by atoms with Crippen LogP contribution in [0.15, 0.2) is 36.4 Å². The summed E-state index contributed by atoms with van der Waals surface area (Å²) in [5.41, 5.74) is 2.71. The Morgan fingerprint density at radius 1 is 1.17 bits per heavy atom. The molecule has 154 valence electrons. The van der Waals surface area contributed by atoms with E-state index in [1.54, 1.807) is 25.2 Å². The minimum absolute atomic E-state index is 0.0649. The van der Waals surface area contributed by atoms with Crippen molar-refractivity contribution in [1.29, 1.82) is 0 Å². The Labute approximate surface area is 175 Å². The number of rotatable bonds is 7. The van der Waals surface area contributed by atoms with Crippen molar-refractivity contribution in [1.82, 2.24) is 5.32 Å². The lowest BCUT2D eigenvalue weighted by Crippen LogP contribution is -2.34. The fourth-order valence-corrected chi connectivity index (χ4v) is 3.57. The van der Waals surface area contributed by atoms with Gasteiger partial charge in [0.2, 0.25) is 11.8 Å². The van der Waals surface area contributed by atoms with Gasteiger partial charge in [0.15, 0.2) is 11.5 Å². The molecule has 7 heteroatoms. The van der Waals surface area contributed by atoms with Crippen LogP contribution in [-0.4, -0.2) is 39.1 Å². The third kappa shape index (κ3) is 4.82. The number of anilines is 1. The van der Waals surface area contributed by atoms with Crippen LogP contribution < -0.4 is 19.7 Å². The number of nitrogens with zero attached hydrogens (tertiary/aromatic N) is 1. The van der Waals surface area contributed by atoms with Crippen molar-refractivity contribution in [2.45, 2.75) is 19.8 Å². The molecule has 0 spiro atoms. The van der Waals surface area contributed by atoms with Gasteiger partial charge in [0.1, 0.15) is 0 Å². The van der Waals surface area contributed by atoms with E-state index < -0.39 is 0 Å². The Balaban J connectivity index is 1.55. The summed E-state index contributed by atoms with van der Waals surface area (Å²) in [4.78, 5) is 26.6. The molecule has 3 rings (SSSR count). The van der Waals surface area contributed by atoms with Gasteiger partial charge < -0.3 is 19.7 Å². The van der Waals surface area contributed by atoms with Crippen LogP contribution in [-0.2, 0) is 16.0 Å². The van der Waals surface area contributed by atoms with E-state index in [0.29, 0.717) is 36.0 Å². The molecule has 0 aliphatic carbocycles. The first kappa shape index (κ1) is 21.0. The molecular formula is C22H25ClN2O4. The molecular weight excluding hydrogens is 392 g/mol. The van der Waals surface area contributed by atoms with Crippen LogP contribution in [0.3, 0.4) is 0 Å². The van der Waals surface area contributed by atoms with Gasteiger partial charge >= 0.3 is 0 Å². The van der Waals surface area contributed by atoms with Crippen LogP contribution >= 0.6 is 11.6 Å². The van der Waals surface area contributed by atoms with Gasteiger partial charge in [0.25, 0.3) is 0 Å². The molecule has 2 aromatic rings. The van der Waals surface area contributed by atoms with Gasteiger partial charge in [-0.1, -0.05) is 23.7 Å². The van der Waals surface area contributed by atoms with Crippen molar-refractivity contribution in [2.75, 3.05) is 32.2 Å². The number of carbonyl (C=O) groups excluding carboxylic acids is 2. The molecule has 1 N–H and O–H groups in total. The van der Waals surface area contributed by atoms with E-state index in [0.717, 1.165) is 16.8 Å². The molecule has 2 amide bonds. The summed E-state index contributed by atoms with van der Waals surface area (Å²) in [5, 5.41) is 3.55. The topological polar surface area (TPSA) is 67.9 Å². The van der Waals surface area contributed by atoms with Gasteiger partial charge in [-0.3, -0.25) is 9.59 Å². The Hall–Kier alpha value is -2.73. The second-order valence-electron chi connectivity index (χ2n) is 7.07. The van der Waals surface area contributed by atoms with Crippen LogP contribution in [0.2, 0.25) is 5.02 Å². The first-order valence-corrected chi connectivity index (χ1v) is 9.86. The van der Waals surface area contributed by atoms with E-state index in [1.807, 2.05) is 37.3 Å². The average molecular weight is 417 g/mol. The van der Waals surface area contributed by atoms with Gasteiger partial charge in [0, 0.05) is 30.2 Å². The Kier molecular flexibility index (Phi) is 6.64. The maximum atomic E-state index is 12.5. The number of amides is 2. The summed E-state index contributed by atoms with van der Waals surface area (Å²) in [6.45, 7) is 2.75. The summed E-state index contributed by atoms with van der Waals surface area (Å²) in [6, 6.07) is 11.2. The van der Waals surface area contributed by atoms with Crippen molar-refractivity contribution in [3.8, 4) is 11.5 Å². The van der Waals surface area contributed by atoms with Crippen molar-refractivity contribution in [2.24, 2.45) is 5.92 Å². The fraction of sp³-hybridized carbons (Fsp3) is 0.364. The van der Waals surface area contributed by atoms with Crippen molar-refractivity contribution in [3.63, 3.8) is 0 Å². The number of aryl methyl sites for hydroxylation is 1. The lowest BCUT2D eigenvalue weighted by molar-refractivity contribution is -0.126. The third-order valence-corrected chi connectivity index (χ3v) is 5.53. The molecule has 0 aromatic heterocycles. The summed E-state index contributed by atoms with van der Waals surface area (Å²) >= 11 is 6.17. The Bertz CT molecular complexity index is 916. The molecule has 0 bridgehead atoms. The number of halogens is 1. The predicted octanol–water partition coefficient (Wildman–Crippen LogP) is 3.38. The maximum absolute atomic E-state index is 12.5. The zero-order valence-electron chi connectivity index (χ0n) is 16.8. The summed E-state index contributed by atoms with van der Waals surface area (Å²) < 4.78 is 10.5. The van der Waals surface area contributed by atoms with Crippen LogP contribution in [0.1, 0.15) is 17.5 Å². The third-order valence-electron chi connectivity index (χ3n) is 5.12. The number of hydrogen-bond donors (Lipinski definition) is 1. The molecule has 6 nitrogen and oxygen atoms in total. The molecule has 1 saturated heterocycles. The SMILES string of the molecule is COc1ccc(CCNC(=O)[C@H]2CC(=O)N(c3ccc(C)c(Cl)c3)C2)cc1OC. The largest absolute Gasteiger partial charge is 0.493 e. The van der Waals surface area contributed by atoms with E-state index in [2.05, 4.69) is 5.32 Å². The number of benzene rings is 2. The first-order chi connectivity index (χ1) is 13.9. The highest BCUT2D eigenvalue weighted by atomic mass is 35.5. The first-order valence-electron chi connectivity index (χ1n) is 9.48. The van der Waals surface area contributed by atoms with Crippen LogP contribution in [0.25, 0.3) is 0 Å². The van der Waals surface area contributed by atoms with Gasteiger partial charge in [-0.05, 0) is 48.7 Å². The standard InChI is InChI=1S/C22H25ClN2O4/c1-14-4-6-17(12-18(14)23)25-13-16(11-21(25)26)22(27)24-9-8-15-5-7-19(28-2)20(10-15)29-3/h4-7,10,12,16H,8-9,11,13H2,1-3H3,(H,24,27)/t16-/m0/s1. The molecule has 1 aliphatic rings. The van der Waals surface area contributed by atoms with Crippen LogP contribution in [0.5, 0.6) is 11.5 Å². The highest BCUT2D eigenvalue weighted by Gasteiger charge is 2.35. The molecule has 2 aromatic carbocycles. The molecule has 0 saturated carbocycles. The number of ether oxygens (including phenoxy) is 2. The van der Waals surface area contributed by atoms with Gasteiger partial charge in [-0.15, -0.1) is 0 Å². The highest BCUT2D eigenvalue weighted by Crippen LogP contribution is 2.29. The Morgan fingerprint density at radius 3 is 2.62 bits per heavy atom. The van der Waals surface area contributed by atoms with Gasteiger partial charge in [-0.25, -0.2) is 0 Å². The number of methoxy groups -OCH3 is 2. The second-order valence-corrected chi connectivity index (χ2v) is 7.48. The summed E-state index contributed by atoms with van der Waals surface area (Å²) in [6.07, 6.45) is 0.859. The van der Waals surface area contributed by atoms with Crippen LogP contribution in [0, 0.1) is 12.8 Å². The van der Waals surface area contributed by atoms with E-state index >= 15 is 0 Å². The minimum atomic E-state index is -0.368. The fourth-order valence-electron chi connectivity index (χ4n) is 3.39.